The first-order chi connectivity index (χ1) is 12.2. The number of nitrogens with one attached hydrogen (secondary N) is 3. The van der Waals surface area contributed by atoms with Gasteiger partial charge >= 0.3 is 0 Å². The Morgan fingerprint density at radius 2 is 2.12 bits per heavy atom. The molecule has 0 saturated carbocycles. The Balaban J connectivity index is 1.51. The molecule has 3 atom stereocenters. The molecule has 7 heteroatoms. The first-order valence-electron chi connectivity index (χ1n) is 8.36. The molecule has 1 aromatic carbocycles. The van der Waals surface area contributed by atoms with Crippen molar-refractivity contribution in [3.05, 3.63) is 54.1 Å². The van der Waals surface area contributed by atoms with Crippen molar-refractivity contribution in [2.45, 2.75) is 37.9 Å². The Morgan fingerprint density at radius 1 is 1.32 bits per heavy atom. The van der Waals surface area contributed by atoms with E-state index >= 15 is 0 Å². The molecular formula is C18H23N5O2. The average Bonchev–Trinajstić information content (AvgIpc) is 3.13. The molecule has 0 spiro atoms. The molecule has 3 rings (SSSR count). The number of carbonyl (C=O) groups is 1. The van der Waals surface area contributed by atoms with Crippen molar-refractivity contribution in [1.29, 1.82) is 0 Å². The summed E-state index contributed by atoms with van der Waals surface area (Å²) in [5.74, 6) is 0.807. The molecule has 1 aliphatic rings. The zero-order valence-corrected chi connectivity index (χ0v) is 14.4. The van der Waals surface area contributed by atoms with Crippen molar-refractivity contribution in [2.24, 2.45) is 0 Å². The summed E-state index contributed by atoms with van der Waals surface area (Å²) in [6, 6.07) is 7.69. The van der Waals surface area contributed by atoms with Gasteiger partial charge in [0.15, 0.2) is 0 Å². The van der Waals surface area contributed by atoms with E-state index < -0.39 is 0 Å². The molecule has 1 aromatic heterocycles. The molecule has 3 unspecified atom stereocenters. The summed E-state index contributed by atoms with van der Waals surface area (Å²) in [5.41, 5.74) is 8.26. The van der Waals surface area contributed by atoms with Gasteiger partial charge in [-0.15, -0.1) is 0 Å². The van der Waals surface area contributed by atoms with Crippen LogP contribution in [0.25, 0.3) is 0 Å². The van der Waals surface area contributed by atoms with Crippen LogP contribution in [0.2, 0.25) is 0 Å². The van der Waals surface area contributed by atoms with Gasteiger partial charge in [0, 0.05) is 37.1 Å². The normalized spacial score (nSPS) is 20.9. The molecule has 0 aliphatic carbocycles. The van der Waals surface area contributed by atoms with Gasteiger partial charge in [-0.3, -0.25) is 14.8 Å². The Labute approximate surface area is 147 Å². The summed E-state index contributed by atoms with van der Waals surface area (Å²) in [7, 11) is 1.65. The van der Waals surface area contributed by atoms with E-state index in [0.717, 1.165) is 17.0 Å². The number of ether oxygens (including phenoxy) is 1. The van der Waals surface area contributed by atoms with Crippen LogP contribution < -0.4 is 20.9 Å². The highest BCUT2D eigenvalue weighted by Crippen LogP contribution is 2.24. The van der Waals surface area contributed by atoms with Crippen molar-refractivity contribution >= 4 is 5.91 Å². The van der Waals surface area contributed by atoms with E-state index in [1.165, 1.54) is 0 Å². The van der Waals surface area contributed by atoms with Gasteiger partial charge in [0.2, 0.25) is 5.91 Å². The van der Waals surface area contributed by atoms with Crippen LogP contribution >= 0.6 is 0 Å². The zero-order chi connectivity index (χ0) is 17.6. The fourth-order valence-electron chi connectivity index (χ4n) is 2.93. The number of carbonyl (C=O) groups excluding carboxylic acids is 1. The van der Waals surface area contributed by atoms with E-state index in [2.05, 4.69) is 26.1 Å². The minimum atomic E-state index is -0.267. The smallest absolute Gasteiger partial charge is 0.238 e. The largest absolute Gasteiger partial charge is 0.497 e. The molecule has 132 valence electrons. The number of amides is 1. The van der Waals surface area contributed by atoms with Gasteiger partial charge in [-0.05, 0) is 31.0 Å². The topological polar surface area (TPSA) is 88.2 Å². The molecular weight excluding hydrogens is 318 g/mol. The number of hydrogen-bond acceptors (Lipinski definition) is 6. The maximum Gasteiger partial charge on any atom is 0.238 e. The zero-order valence-electron chi connectivity index (χ0n) is 14.4. The number of methoxy groups -OCH3 is 1. The number of hydrogen-bond donors (Lipinski definition) is 3. The first kappa shape index (κ1) is 17.3. The summed E-state index contributed by atoms with van der Waals surface area (Å²) < 4.78 is 5.17. The van der Waals surface area contributed by atoms with Crippen LogP contribution in [-0.2, 0) is 11.2 Å². The summed E-state index contributed by atoms with van der Waals surface area (Å²) in [6.45, 7) is 1.97. The number of benzene rings is 1. The number of rotatable bonds is 6. The second-order valence-corrected chi connectivity index (χ2v) is 6.21. The van der Waals surface area contributed by atoms with Gasteiger partial charge in [-0.1, -0.05) is 12.1 Å². The lowest BCUT2D eigenvalue weighted by Gasteiger charge is -2.16. The van der Waals surface area contributed by atoms with Gasteiger partial charge in [0.05, 0.1) is 12.8 Å². The molecule has 0 bridgehead atoms. The van der Waals surface area contributed by atoms with Crippen LogP contribution in [0.4, 0.5) is 0 Å². The van der Waals surface area contributed by atoms with E-state index in [0.29, 0.717) is 12.8 Å². The monoisotopic (exact) mass is 341 g/mol. The van der Waals surface area contributed by atoms with Gasteiger partial charge in [0.25, 0.3) is 0 Å². The van der Waals surface area contributed by atoms with Gasteiger partial charge < -0.3 is 10.1 Å². The van der Waals surface area contributed by atoms with Gasteiger partial charge in [-0.25, -0.2) is 10.9 Å². The van der Waals surface area contributed by atoms with Crippen LogP contribution in [0.1, 0.15) is 30.6 Å². The summed E-state index contributed by atoms with van der Waals surface area (Å²) in [6.07, 6.45) is 6.36. The minimum Gasteiger partial charge on any atom is -0.497 e. The van der Waals surface area contributed by atoms with Gasteiger partial charge in [0.1, 0.15) is 11.8 Å². The fourth-order valence-corrected chi connectivity index (χ4v) is 2.93. The Bertz CT molecular complexity index is 692. The number of aromatic nitrogens is 2. The van der Waals surface area contributed by atoms with Crippen LogP contribution in [-0.4, -0.2) is 35.1 Å². The Morgan fingerprint density at radius 3 is 2.80 bits per heavy atom. The fraction of sp³-hybridized carbons (Fsp3) is 0.389. The number of nitrogens with zero attached hydrogens (tertiary/aromatic N) is 2. The SMILES string of the molecule is COc1ccc(C2CC(C(=O)NC(C)Cc3cnccn3)NN2)cc1. The van der Waals surface area contributed by atoms with E-state index in [1.807, 2.05) is 31.2 Å². The third-order valence-electron chi connectivity index (χ3n) is 4.26. The van der Waals surface area contributed by atoms with Crippen LogP contribution in [0.3, 0.4) is 0 Å². The average molecular weight is 341 g/mol. The van der Waals surface area contributed by atoms with Crippen molar-refractivity contribution < 1.29 is 9.53 Å². The molecule has 1 amide bonds. The highest BCUT2D eigenvalue weighted by atomic mass is 16.5. The maximum atomic E-state index is 12.5. The van der Waals surface area contributed by atoms with E-state index in [-0.39, 0.29) is 24.0 Å². The van der Waals surface area contributed by atoms with Crippen molar-refractivity contribution in [1.82, 2.24) is 26.1 Å². The molecule has 1 fully saturated rings. The van der Waals surface area contributed by atoms with Crippen LogP contribution in [0.5, 0.6) is 5.75 Å². The predicted molar refractivity (Wildman–Crippen MR) is 93.8 cm³/mol. The van der Waals surface area contributed by atoms with E-state index in [1.54, 1.807) is 25.7 Å². The van der Waals surface area contributed by atoms with Crippen molar-refractivity contribution in [2.75, 3.05) is 7.11 Å². The molecule has 2 aromatic rings. The van der Waals surface area contributed by atoms with Crippen LogP contribution in [0.15, 0.2) is 42.9 Å². The predicted octanol–water partition coefficient (Wildman–Crippen LogP) is 1.14. The quantitative estimate of drug-likeness (QED) is 0.730. The Kier molecular flexibility index (Phi) is 5.57. The summed E-state index contributed by atoms with van der Waals surface area (Å²) >= 11 is 0. The van der Waals surface area contributed by atoms with Crippen molar-refractivity contribution in [3.8, 4) is 5.75 Å². The molecule has 0 radical (unpaired) electrons. The van der Waals surface area contributed by atoms with Gasteiger partial charge in [-0.2, -0.15) is 0 Å². The number of hydrazine groups is 1. The standard InChI is InChI=1S/C18H23N5O2/c1-12(9-14-11-19-7-8-20-14)21-18(24)17-10-16(22-23-17)13-3-5-15(25-2)6-4-13/h3-8,11-12,16-17,22-23H,9-10H2,1-2H3,(H,21,24). The highest BCUT2D eigenvalue weighted by molar-refractivity contribution is 5.82. The van der Waals surface area contributed by atoms with E-state index in [9.17, 15) is 4.79 Å². The maximum absolute atomic E-state index is 12.5. The lowest BCUT2D eigenvalue weighted by Crippen LogP contribution is -2.46. The molecule has 1 saturated heterocycles. The third-order valence-corrected chi connectivity index (χ3v) is 4.26. The lowest BCUT2D eigenvalue weighted by atomic mass is 10.0. The Hall–Kier alpha value is -2.51. The first-order valence-corrected chi connectivity index (χ1v) is 8.36. The second-order valence-electron chi connectivity index (χ2n) is 6.21. The molecule has 3 N–H and O–H groups in total. The molecule has 25 heavy (non-hydrogen) atoms. The minimum absolute atomic E-state index is 0.00830. The second kappa shape index (κ2) is 8.04. The molecule has 1 aliphatic heterocycles. The lowest BCUT2D eigenvalue weighted by molar-refractivity contribution is -0.123. The third kappa shape index (κ3) is 4.52. The summed E-state index contributed by atoms with van der Waals surface area (Å²) in [4.78, 5) is 20.7. The summed E-state index contributed by atoms with van der Waals surface area (Å²) in [5, 5.41) is 3.03. The van der Waals surface area contributed by atoms with Crippen LogP contribution in [0, 0.1) is 0 Å². The van der Waals surface area contributed by atoms with Crippen molar-refractivity contribution in [3.63, 3.8) is 0 Å². The molecule has 7 nitrogen and oxygen atoms in total. The molecule has 2 heterocycles. The highest BCUT2D eigenvalue weighted by Gasteiger charge is 2.30. The van der Waals surface area contributed by atoms with E-state index in [4.69, 9.17) is 4.74 Å².